The zero-order chi connectivity index (χ0) is 44.6. The molecule has 328 valence electrons. The molecule has 2 fully saturated rings. The molecule has 6 rings (SSSR count). The standard InChI is InChI=1S/C44H51FN8O9/c1-3-51-25-32(39(56)57)37(54)31-23-33(45)36(24-35(31)51)52-19-21-53(22-20-52)43(61)62-26-28-12-14-30(15-13-28)49-38(55)34(11-7-18-47-42(46)60)50-41(59)44(16-8-17-44)40(58)48-27(2)29-9-5-4-6-10-29/h4-6,9-10,12-15,23-25,27,34H,3,7-8,11,16-22,26H2,1-2H3,(H,48,58)(H,49,55)(H,50,59)(H,56,57)(H3,46,47,60)/t27?,34-/m0/s1. The van der Waals surface area contributed by atoms with Crippen molar-refractivity contribution in [1.82, 2.24) is 25.4 Å². The van der Waals surface area contributed by atoms with Crippen molar-refractivity contribution in [3.05, 3.63) is 106 Å². The zero-order valence-corrected chi connectivity index (χ0v) is 34.6. The third-order valence-electron chi connectivity index (χ3n) is 11.5. The summed E-state index contributed by atoms with van der Waals surface area (Å²) in [6.07, 6.45) is 2.48. The lowest BCUT2D eigenvalue weighted by molar-refractivity contribution is -0.151. The predicted octanol–water partition coefficient (Wildman–Crippen LogP) is 4.24. The summed E-state index contributed by atoms with van der Waals surface area (Å²) in [6.45, 7) is 5.10. The zero-order valence-electron chi connectivity index (χ0n) is 34.6. The number of carbonyl (C=O) groups is 6. The van der Waals surface area contributed by atoms with Crippen LogP contribution < -0.4 is 37.3 Å². The van der Waals surface area contributed by atoms with Gasteiger partial charge in [-0.2, -0.15) is 0 Å². The topological polar surface area (TPSA) is 234 Å². The molecule has 0 spiro atoms. The molecule has 2 heterocycles. The number of anilines is 2. The number of primary amides is 1. The lowest BCUT2D eigenvalue weighted by Crippen LogP contribution is -2.58. The van der Waals surface area contributed by atoms with Crippen LogP contribution in [0.15, 0.2) is 77.7 Å². The van der Waals surface area contributed by atoms with Crippen LogP contribution in [-0.2, 0) is 32.3 Å². The van der Waals surface area contributed by atoms with E-state index in [0.717, 1.165) is 11.6 Å². The number of carbonyl (C=O) groups excluding carboxylic acids is 5. The van der Waals surface area contributed by atoms with Gasteiger partial charge >= 0.3 is 18.1 Å². The molecule has 1 aromatic heterocycles. The van der Waals surface area contributed by atoms with Crippen molar-refractivity contribution in [3.8, 4) is 0 Å². The molecular formula is C44H51FN8O9. The molecule has 0 bridgehead atoms. The lowest BCUT2D eigenvalue weighted by Gasteiger charge is -2.40. The van der Waals surface area contributed by atoms with Gasteiger partial charge in [-0.25, -0.2) is 18.8 Å². The number of nitrogens with one attached hydrogen (secondary N) is 4. The van der Waals surface area contributed by atoms with Gasteiger partial charge in [-0.1, -0.05) is 48.9 Å². The summed E-state index contributed by atoms with van der Waals surface area (Å²) < 4.78 is 22.5. The largest absolute Gasteiger partial charge is 0.477 e. The van der Waals surface area contributed by atoms with Gasteiger partial charge in [0, 0.05) is 56.5 Å². The third kappa shape index (κ3) is 10.1. The molecule has 4 aromatic rings. The Morgan fingerprint density at radius 3 is 2.23 bits per heavy atom. The van der Waals surface area contributed by atoms with E-state index in [1.165, 1.54) is 17.2 Å². The Balaban J connectivity index is 1.02. The maximum absolute atomic E-state index is 15.3. The van der Waals surface area contributed by atoms with Gasteiger partial charge in [0.1, 0.15) is 29.4 Å². The first-order valence-corrected chi connectivity index (χ1v) is 20.6. The normalized spacial score (nSPS) is 15.4. The molecule has 3 aromatic carbocycles. The average molecular weight is 855 g/mol. The van der Waals surface area contributed by atoms with E-state index in [4.69, 9.17) is 10.5 Å². The second-order valence-corrected chi connectivity index (χ2v) is 15.5. The third-order valence-corrected chi connectivity index (χ3v) is 11.5. The number of aryl methyl sites for hydroxylation is 1. The van der Waals surface area contributed by atoms with E-state index >= 15 is 4.39 Å². The van der Waals surface area contributed by atoms with Crippen LogP contribution in [0.4, 0.5) is 25.4 Å². The van der Waals surface area contributed by atoms with Crippen LogP contribution in [0.3, 0.4) is 0 Å². The second-order valence-electron chi connectivity index (χ2n) is 15.5. The summed E-state index contributed by atoms with van der Waals surface area (Å²) in [6, 6.07) is 16.5. The van der Waals surface area contributed by atoms with Crippen molar-refractivity contribution in [3.63, 3.8) is 0 Å². The molecule has 62 heavy (non-hydrogen) atoms. The minimum absolute atomic E-state index is 0.0286. The average Bonchev–Trinajstić information content (AvgIpc) is 3.24. The SMILES string of the molecule is CCn1cc(C(=O)O)c(=O)c2cc(F)c(N3CCN(C(=O)OCc4ccc(NC(=O)[C@H](CCCNC(N)=O)NC(=O)C5(C(=O)NC(C)c6ccccc6)CCC5)cc4)CC3)cc21. The number of fused-ring (bicyclic) bond motifs is 1. The minimum Gasteiger partial charge on any atom is -0.477 e. The van der Waals surface area contributed by atoms with Gasteiger partial charge < -0.3 is 51.2 Å². The van der Waals surface area contributed by atoms with E-state index in [-0.39, 0.29) is 62.9 Å². The smallest absolute Gasteiger partial charge is 0.410 e. The number of hydrogen-bond acceptors (Lipinski definition) is 9. The number of pyridine rings is 1. The number of nitrogens with two attached hydrogens (primary N) is 1. The Labute approximate surface area is 356 Å². The molecule has 1 unspecified atom stereocenters. The predicted molar refractivity (Wildman–Crippen MR) is 228 cm³/mol. The van der Waals surface area contributed by atoms with Crippen LogP contribution in [0.2, 0.25) is 0 Å². The highest BCUT2D eigenvalue weighted by molar-refractivity contribution is 6.08. The fourth-order valence-electron chi connectivity index (χ4n) is 7.67. The number of aromatic nitrogens is 1. The van der Waals surface area contributed by atoms with Crippen LogP contribution in [0, 0.1) is 11.2 Å². The minimum atomic E-state index is -1.39. The number of hydrogen-bond donors (Lipinski definition) is 6. The van der Waals surface area contributed by atoms with Gasteiger partial charge in [0.2, 0.25) is 23.2 Å². The fourth-order valence-corrected chi connectivity index (χ4v) is 7.67. The Kier molecular flexibility index (Phi) is 14.1. The molecule has 6 amide bonds. The molecule has 1 saturated carbocycles. The first-order valence-electron chi connectivity index (χ1n) is 20.6. The molecule has 1 saturated heterocycles. The maximum atomic E-state index is 15.3. The summed E-state index contributed by atoms with van der Waals surface area (Å²) in [5.74, 6) is -3.55. The van der Waals surface area contributed by atoms with Crippen molar-refractivity contribution < 1.29 is 43.0 Å². The Morgan fingerprint density at radius 1 is 0.935 bits per heavy atom. The number of aromatic carboxylic acids is 1. The number of urea groups is 1. The summed E-state index contributed by atoms with van der Waals surface area (Å²) in [5, 5.41) is 20.4. The second kappa shape index (κ2) is 19.6. The first-order chi connectivity index (χ1) is 29.7. The monoisotopic (exact) mass is 854 g/mol. The number of piperazine rings is 1. The number of ether oxygens (including phenoxy) is 1. The number of rotatable bonds is 16. The highest BCUT2D eigenvalue weighted by Crippen LogP contribution is 2.42. The Hall–Kier alpha value is -6.98. The Bertz CT molecular complexity index is 2380. The Morgan fingerprint density at radius 2 is 1.61 bits per heavy atom. The van der Waals surface area contributed by atoms with Gasteiger partial charge in [0.25, 0.3) is 0 Å². The molecule has 2 aliphatic rings. The molecule has 0 radical (unpaired) electrons. The summed E-state index contributed by atoms with van der Waals surface area (Å²) in [5.41, 5.74) is 5.23. The van der Waals surface area contributed by atoms with Crippen molar-refractivity contribution in [2.45, 2.75) is 71.2 Å². The van der Waals surface area contributed by atoms with Crippen LogP contribution in [-0.4, -0.2) is 89.2 Å². The van der Waals surface area contributed by atoms with E-state index in [1.54, 1.807) is 40.7 Å². The number of carboxylic acids is 1. The molecule has 18 heteroatoms. The molecular weight excluding hydrogens is 804 g/mol. The summed E-state index contributed by atoms with van der Waals surface area (Å²) >= 11 is 0. The van der Waals surface area contributed by atoms with E-state index < -0.39 is 64.1 Å². The van der Waals surface area contributed by atoms with Gasteiger partial charge in [0.05, 0.1) is 17.2 Å². The van der Waals surface area contributed by atoms with Crippen LogP contribution in [0.25, 0.3) is 10.9 Å². The van der Waals surface area contributed by atoms with E-state index in [2.05, 4.69) is 21.3 Å². The van der Waals surface area contributed by atoms with Gasteiger partial charge in [-0.3, -0.25) is 19.2 Å². The lowest BCUT2D eigenvalue weighted by atomic mass is 9.67. The van der Waals surface area contributed by atoms with E-state index in [0.29, 0.717) is 49.0 Å². The highest BCUT2D eigenvalue weighted by atomic mass is 19.1. The molecule has 1 aliphatic heterocycles. The van der Waals surface area contributed by atoms with Crippen LogP contribution in [0.1, 0.15) is 73.5 Å². The quantitative estimate of drug-likeness (QED) is 0.0693. The van der Waals surface area contributed by atoms with Gasteiger partial charge in [-0.05, 0) is 74.9 Å². The fraction of sp³-hybridized carbons (Fsp3) is 0.386. The van der Waals surface area contributed by atoms with Crippen LogP contribution in [0.5, 0.6) is 0 Å². The van der Waals surface area contributed by atoms with Crippen molar-refractivity contribution >= 4 is 58.1 Å². The summed E-state index contributed by atoms with van der Waals surface area (Å²) in [4.78, 5) is 92.8. The number of halogens is 1. The van der Waals surface area contributed by atoms with E-state index in [1.807, 2.05) is 37.3 Å². The number of nitrogens with zero attached hydrogens (tertiary/aromatic N) is 3. The van der Waals surface area contributed by atoms with Crippen molar-refractivity contribution in [1.29, 1.82) is 0 Å². The molecule has 1 aliphatic carbocycles. The molecule has 2 atom stereocenters. The number of benzene rings is 3. The molecule has 7 N–H and O–H groups in total. The van der Waals surface area contributed by atoms with Gasteiger partial charge in [0.15, 0.2) is 0 Å². The number of carboxylic acid groups (broad SMARTS) is 1. The maximum Gasteiger partial charge on any atom is 0.410 e. The van der Waals surface area contributed by atoms with Gasteiger partial charge in [-0.15, -0.1) is 0 Å². The van der Waals surface area contributed by atoms with Crippen LogP contribution >= 0.6 is 0 Å². The van der Waals surface area contributed by atoms with E-state index in [9.17, 15) is 38.7 Å². The highest BCUT2D eigenvalue weighted by Gasteiger charge is 2.51. The molecule has 17 nitrogen and oxygen atoms in total. The van der Waals surface area contributed by atoms with Crippen molar-refractivity contribution in [2.75, 3.05) is 42.9 Å². The number of amides is 6. The first kappa shape index (κ1) is 44.6. The van der Waals surface area contributed by atoms with Crippen molar-refractivity contribution in [2.24, 2.45) is 11.1 Å². The summed E-state index contributed by atoms with van der Waals surface area (Å²) in [7, 11) is 0.